The number of hydrogen-bond donors (Lipinski definition) is 1. The molecule has 0 aliphatic carbocycles. The molecule has 0 fully saturated rings. The lowest BCUT2D eigenvalue weighted by atomic mass is 9.98. The van der Waals surface area contributed by atoms with E-state index in [2.05, 4.69) is 108 Å². The molecule has 5 rings (SSSR count). The largest absolute Gasteiger partial charge is 0.355 e. The third-order valence-corrected chi connectivity index (χ3v) is 9.66. The van der Waals surface area contributed by atoms with Gasteiger partial charge < -0.3 is 9.55 Å². The maximum absolute atomic E-state index is 5.41. The molecule has 44 heavy (non-hydrogen) atoms. The molecule has 0 saturated heterocycles. The number of allylic oxidation sites excluding steroid dienone is 4. The third-order valence-electron chi connectivity index (χ3n) is 9.66. The molecule has 0 amide bonds. The van der Waals surface area contributed by atoms with Gasteiger partial charge in [-0.25, -0.2) is 9.97 Å². The molecule has 1 N–H and O–H groups in total. The Labute approximate surface area is 265 Å². The minimum Gasteiger partial charge on any atom is -0.355 e. The van der Waals surface area contributed by atoms with Gasteiger partial charge in [-0.2, -0.15) is 0 Å². The van der Waals surface area contributed by atoms with Gasteiger partial charge in [0.2, 0.25) is 0 Å². The second-order valence-electron chi connectivity index (χ2n) is 12.4. The van der Waals surface area contributed by atoms with Crippen molar-refractivity contribution in [3.63, 3.8) is 0 Å². The summed E-state index contributed by atoms with van der Waals surface area (Å²) in [6.07, 6.45) is 7.80. The van der Waals surface area contributed by atoms with Gasteiger partial charge >= 0.3 is 0 Å². The first-order valence-electron chi connectivity index (χ1n) is 17.2. The molecule has 0 saturated carbocycles. The summed E-state index contributed by atoms with van der Waals surface area (Å²) in [4.78, 5) is 16.9. The van der Waals surface area contributed by atoms with Gasteiger partial charge in [0.1, 0.15) is 0 Å². The van der Waals surface area contributed by atoms with E-state index >= 15 is 0 Å². The molecular formula is C39H53N5. The van der Waals surface area contributed by atoms with Gasteiger partial charge in [-0.05, 0) is 134 Å². The highest BCUT2D eigenvalue weighted by Crippen LogP contribution is 2.39. The van der Waals surface area contributed by atoms with Gasteiger partial charge in [-0.15, -0.1) is 0 Å². The minimum atomic E-state index is 0.803. The summed E-state index contributed by atoms with van der Waals surface area (Å²) < 4.78 is 2.52. The number of fused-ring (bicyclic) bond motifs is 8. The van der Waals surface area contributed by atoms with Crippen LogP contribution in [-0.4, -0.2) is 38.5 Å². The van der Waals surface area contributed by atoms with Crippen molar-refractivity contribution in [3.8, 4) is 0 Å². The van der Waals surface area contributed by atoms with Gasteiger partial charge in [-0.3, -0.25) is 4.90 Å². The van der Waals surface area contributed by atoms with Crippen LogP contribution < -0.4 is 0 Å². The molecule has 2 aliphatic rings. The van der Waals surface area contributed by atoms with Crippen LogP contribution in [0.15, 0.2) is 24.3 Å². The Bertz CT molecular complexity index is 1670. The first-order valence-corrected chi connectivity index (χ1v) is 17.2. The van der Waals surface area contributed by atoms with Crippen LogP contribution in [0.2, 0.25) is 0 Å². The van der Waals surface area contributed by atoms with Crippen molar-refractivity contribution < 1.29 is 0 Å². The van der Waals surface area contributed by atoms with Crippen molar-refractivity contribution in [2.24, 2.45) is 0 Å². The average molecular weight is 592 g/mol. The van der Waals surface area contributed by atoms with Crippen LogP contribution in [0.5, 0.6) is 0 Å². The zero-order valence-electron chi connectivity index (χ0n) is 29.0. The summed E-state index contributed by atoms with van der Waals surface area (Å²) in [5.41, 5.74) is 20.6. The third kappa shape index (κ3) is 5.38. The number of aromatic amines is 1. The number of rotatable bonds is 10. The van der Waals surface area contributed by atoms with E-state index in [0.717, 1.165) is 80.8 Å². The Morgan fingerprint density at radius 1 is 0.500 bits per heavy atom. The highest BCUT2D eigenvalue weighted by Gasteiger charge is 2.23. The van der Waals surface area contributed by atoms with E-state index in [1.807, 2.05) is 0 Å². The van der Waals surface area contributed by atoms with E-state index in [1.165, 1.54) is 66.6 Å². The molecule has 3 aromatic heterocycles. The lowest BCUT2D eigenvalue weighted by molar-refractivity contribution is 0.337. The molecular weight excluding hydrogens is 538 g/mol. The quantitative estimate of drug-likeness (QED) is 0.255. The summed E-state index contributed by atoms with van der Waals surface area (Å²) in [6, 6.07) is 9.45. The molecule has 5 heterocycles. The number of nitrogens with zero attached hydrogens (tertiary/aromatic N) is 4. The van der Waals surface area contributed by atoms with E-state index in [-0.39, 0.29) is 0 Å². The molecule has 5 nitrogen and oxygen atoms in total. The number of aryl methyl sites for hydroxylation is 4. The van der Waals surface area contributed by atoms with Crippen LogP contribution in [0.4, 0.5) is 0 Å². The molecule has 0 unspecified atom stereocenters. The van der Waals surface area contributed by atoms with Crippen molar-refractivity contribution in [2.75, 3.05) is 14.1 Å². The SMILES string of the molecule is CCC1=C(CC)c2cc3c(CC)c(CC)c(cc4nc(cc5[nH]c(cc1n2)c(CC)c5CC)C(CC)=C4CC)n3CN(C)C. The van der Waals surface area contributed by atoms with Crippen molar-refractivity contribution in [3.05, 3.63) is 69.3 Å². The monoisotopic (exact) mass is 591 g/mol. The Hall–Kier alpha value is -3.44. The van der Waals surface area contributed by atoms with E-state index in [4.69, 9.17) is 9.97 Å². The number of nitrogens with one attached hydrogen (secondary N) is 1. The van der Waals surface area contributed by atoms with Crippen LogP contribution in [0.1, 0.15) is 126 Å². The Morgan fingerprint density at radius 3 is 1.14 bits per heavy atom. The van der Waals surface area contributed by atoms with Gasteiger partial charge in [0.25, 0.3) is 0 Å². The zero-order valence-corrected chi connectivity index (χ0v) is 29.0. The fourth-order valence-electron chi connectivity index (χ4n) is 7.73. The molecule has 0 aromatic carbocycles. The van der Waals surface area contributed by atoms with E-state index in [1.54, 1.807) is 0 Å². The molecule has 3 aromatic rings. The standard InChI is InChI=1S/C39H53N5/c1-11-24-25(12-2)33-20-35-27(14-4)29(16-6)37(42-35)22-39-31(18-8)30(17-7)38(44(39)23-43(9)10)21-36-28(15-5)26(13-3)34(41-36)19-32(24)40-33/h19-22,40H,11-18,23H2,1-10H3. The van der Waals surface area contributed by atoms with E-state index in [9.17, 15) is 0 Å². The predicted octanol–water partition coefficient (Wildman–Crippen LogP) is 10.0. The molecule has 0 radical (unpaired) electrons. The highest BCUT2D eigenvalue weighted by molar-refractivity contribution is 5.95. The van der Waals surface area contributed by atoms with Crippen molar-refractivity contribution in [1.29, 1.82) is 0 Å². The lowest BCUT2D eigenvalue weighted by Crippen LogP contribution is -2.16. The smallest absolute Gasteiger partial charge is 0.0752 e. The first kappa shape index (κ1) is 32.0. The van der Waals surface area contributed by atoms with E-state index in [0.29, 0.717) is 0 Å². The highest BCUT2D eigenvalue weighted by atomic mass is 15.2. The van der Waals surface area contributed by atoms with Gasteiger partial charge in [0, 0.05) is 22.1 Å². The van der Waals surface area contributed by atoms with Crippen molar-refractivity contribution in [2.45, 2.75) is 113 Å². The van der Waals surface area contributed by atoms with Gasteiger partial charge in [0.05, 0.1) is 29.4 Å². The molecule has 5 heteroatoms. The van der Waals surface area contributed by atoms with Crippen LogP contribution in [-0.2, 0) is 32.4 Å². The molecule has 2 aliphatic heterocycles. The topological polar surface area (TPSA) is 49.7 Å². The summed E-state index contributed by atoms with van der Waals surface area (Å²) in [7, 11) is 4.33. The maximum Gasteiger partial charge on any atom is 0.0752 e. The lowest BCUT2D eigenvalue weighted by Gasteiger charge is -2.14. The Balaban J connectivity index is 2.09. The Morgan fingerprint density at radius 2 is 0.841 bits per heavy atom. The molecule has 0 spiro atoms. The van der Waals surface area contributed by atoms with Crippen molar-refractivity contribution >= 4 is 44.4 Å². The molecule has 0 atom stereocenters. The fourth-order valence-corrected chi connectivity index (χ4v) is 7.73. The Kier molecular flexibility index (Phi) is 9.65. The zero-order chi connectivity index (χ0) is 31.7. The predicted molar refractivity (Wildman–Crippen MR) is 191 cm³/mol. The van der Waals surface area contributed by atoms with Gasteiger partial charge in [-0.1, -0.05) is 55.4 Å². The van der Waals surface area contributed by atoms with E-state index < -0.39 is 0 Å². The molecule has 234 valence electrons. The maximum atomic E-state index is 5.41. The normalized spacial score (nSPS) is 13.6. The van der Waals surface area contributed by atoms with Crippen LogP contribution >= 0.6 is 0 Å². The number of aromatic nitrogens is 4. The average Bonchev–Trinajstić information content (AvgIpc) is 3.71. The van der Waals surface area contributed by atoms with Gasteiger partial charge in [0.15, 0.2) is 0 Å². The summed E-state index contributed by atoms with van der Waals surface area (Å²) in [5, 5.41) is 0. The second-order valence-corrected chi connectivity index (χ2v) is 12.4. The summed E-state index contributed by atoms with van der Waals surface area (Å²) in [6.45, 7) is 19.1. The van der Waals surface area contributed by atoms with Crippen LogP contribution in [0, 0.1) is 0 Å². The summed E-state index contributed by atoms with van der Waals surface area (Å²) in [5.74, 6) is 0. The summed E-state index contributed by atoms with van der Waals surface area (Å²) >= 11 is 0. The second kappa shape index (κ2) is 13.3. The number of H-pyrrole nitrogens is 1. The van der Waals surface area contributed by atoms with Crippen molar-refractivity contribution in [1.82, 2.24) is 24.4 Å². The number of hydrogen-bond acceptors (Lipinski definition) is 3. The molecule has 8 bridgehead atoms. The fraction of sp³-hybridized carbons (Fsp3) is 0.487. The minimum absolute atomic E-state index is 0.803. The van der Waals surface area contributed by atoms with Crippen LogP contribution in [0.3, 0.4) is 0 Å². The first-order chi connectivity index (χ1) is 21.3. The van der Waals surface area contributed by atoms with Crippen LogP contribution in [0.25, 0.3) is 44.4 Å².